The first-order chi connectivity index (χ1) is 6.33. The molecule has 1 aliphatic heterocycles. The van der Waals surface area contributed by atoms with E-state index in [1.807, 2.05) is 0 Å². The molecule has 1 heterocycles. The zero-order valence-corrected chi connectivity index (χ0v) is 8.79. The van der Waals surface area contributed by atoms with Crippen LogP contribution < -0.4 is 0 Å². The van der Waals surface area contributed by atoms with Crippen LogP contribution in [0, 0.1) is 0 Å². The highest BCUT2D eigenvalue weighted by Crippen LogP contribution is 2.08. The lowest BCUT2D eigenvalue weighted by Crippen LogP contribution is -2.24. The Morgan fingerprint density at radius 2 is 1.92 bits per heavy atom. The van der Waals surface area contributed by atoms with Gasteiger partial charge >= 0.3 is 0 Å². The van der Waals surface area contributed by atoms with E-state index in [4.69, 9.17) is 9.47 Å². The maximum Gasteiger partial charge on any atom is 0.159 e. The topological polar surface area (TPSA) is 21.7 Å². The van der Waals surface area contributed by atoms with Crippen LogP contribution in [0.4, 0.5) is 0 Å². The van der Waals surface area contributed by atoms with Crippen molar-refractivity contribution in [1.29, 1.82) is 0 Å². The standard InChI is InChI=1S/C10H21NO2/c1-3-4-6-11(2)7-5-10-12-8-9-13-10/h10H,3-9H2,1-2H3. The molecule has 0 N–H and O–H groups in total. The molecule has 0 radical (unpaired) electrons. The van der Waals surface area contributed by atoms with Crippen LogP contribution >= 0.6 is 0 Å². The largest absolute Gasteiger partial charge is 0.350 e. The van der Waals surface area contributed by atoms with E-state index >= 15 is 0 Å². The van der Waals surface area contributed by atoms with Crippen LogP contribution in [0.2, 0.25) is 0 Å². The molecule has 0 spiro atoms. The van der Waals surface area contributed by atoms with Crippen molar-refractivity contribution in [2.45, 2.75) is 32.5 Å². The van der Waals surface area contributed by atoms with Gasteiger partial charge in [0.2, 0.25) is 0 Å². The second-order valence-electron chi connectivity index (χ2n) is 3.62. The van der Waals surface area contributed by atoms with Gasteiger partial charge in [-0.05, 0) is 20.0 Å². The molecule has 0 bridgehead atoms. The monoisotopic (exact) mass is 187 g/mol. The molecule has 0 amide bonds. The Morgan fingerprint density at radius 3 is 2.54 bits per heavy atom. The summed E-state index contributed by atoms with van der Waals surface area (Å²) >= 11 is 0. The SMILES string of the molecule is CCCCN(C)CCC1OCCO1. The molecule has 3 heteroatoms. The van der Waals surface area contributed by atoms with Crippen LogP contribution in [-0.4, -0.2) is 44.5 Å². The maximum atomic E-state index is 5.36. The fourth-order valence-corrected chi connectivity index (χ4v) is 1.44. The smallest absolute Gasteiger partial charge is 0.159 e. The molecule has 0 aromatic carbocycles. The van der Waals surface area contributed by atoms with Crippen LogP contribution in [0.25, 0.3) is 0 Å². The quantitative estimate of drug-likeness (QED) is 0.628. The van der Waals surface area contributed by atoms with Gasteiger partial charge in [-0.25, -0.2) is 0 Å². The third kappa shape index (κ3) is 4.60. The molecule has 0 aliphatic carbocycles. The number of hydrogen-bond acceptors (Lipinski definition) is 3. The Balaban J connectivity index is 1.97. The van der Waals surface area contributed by atoms with Crippen LogP contribution in [-0.2, 0) is 9.47 Å². The lowest BCUT2D eigenvalue weighted by atomic mass is 10.3. The van der Waals surface area contributed by atoms with Gasteiger partial charge in [0.15, 0.2) is 6.29 Å². The molecule has 0 aromatic heterocycles. The lowest BCUT2D eigenvalue weighted by Gasteiger charge is -2.17. The maximum absolute atomic E-state index is 5.36. The molecule has 1 fully saturated rings. The molecular formula is C10H21NO2. The predicted octanol–water partition coefficient (Wildman–Crippen LogP) is 1.48. The minimum Gasteiger partial charge on any atom is -0.350 e. The number of rotatable bonds is 6. The van der Waals surface area contributed by atoms with Crippen molar-refractivity contribution in [1.82, 2.24) is 4.90 Å². The first-order valence-corrected chi connectivity index (χ1v) is 5.24. The summed E-state index contributed by atoms with van der Waals surface area (Å²) in [4.78, 5) is 2.34. The van der Waals surface area contributed by atoms with E-state index in [0.717, 1.165) is 26.2 Å². The molecule has 0 saturated carbocycles. The summed E-state index contributed by atoms with van der Waals surface area (Å²) in [5, 5.41) is 0. The number of nitrogens with zero attached hydrogens (tertiary/aromatic N) is 1. The Morgan fingerprint density at radius 1 is 1.23 bits per heavy atom. The van der Waals surface area contributed by atoms with Gasteiger partial charge in [0.05, 0.1) is 13.2 Å². The van der Waals surface area contributed by atoms with E-state index < -0.39 is 0 Å². The van der Waals surface area contributed by atoms with E-state index in [9.17, 15) is 0 Å². The average Bonchev–Trinajstić information content (AvgIpc) is 2.64. The summed E-state index contributed by atoms with van der Waals surface area (Å²) in [6.07, 6.45) is 3.60. The van der Waals surface area contributed by atoms with Crippen molar-refractivity contribution < 1.29 is 9.47 Å². The molecule has 0 atom stereocenters. The highest BCUT2D eigenvalue weighted by molar-refractivity contribution is 4.57. The Labute approximate surface area is 81.0 Å². The Kier molecular flexibility index (Phi) is 5.35. The summed E-state index contributed by atoms with van der Waals surface area (Å²) in [5.74, 6) is 0. The number of ether oxygens (including phenoxy) is 2. The van der Waals surface area contributed by atoms with Gasteiger partial charge in [0, 0.05) is 13.0 Å². The molecule has 0 unspecified atom stereocenters. The first kappa shape index (κ1) is 11.0. The van der Waals surface area contributed by atoms with Gasteiger partial charge in [0.25, 0.3) is 0 Å². The fraction of sp³-hybridized carbons (Fsp3) is 1.00. The van der Waals surface area contributed by atoms with Gasteiger partial charge in [-0.3, -0.25) is 0 Å². The number of hydrogen-bond donors (Lipinski definition) is 0. The van der Waals surface area contributed by atoms with Crippen LogP contribution in [0.3, 0.4) is 0 Å². The third-order valence-electron chi connectivity index (χ3n) is 2.33. The van der Waals surface area contributed by atoms with Gasteiger partial charge in [-0.15, -0.1) is 0 Å². The van der Waals surface area contributed by atoms with Crippen LogP contribution in [0.1, 0.15) is 26.2 Å². The zero-order chi connectivity index (χ0) is 9.52. The van der Waals surface area contributed by atoms with E-state index in [2.05, 4.69) is 18.9 Å². The molecule has 0 aromatic rings. The van der Waals surface area contributed by atoms with Gasteiger partial charge < -0.3 is 14.4 Å². The molecule has 13 heavy (non-hydrogen) atoms. The van der Waals surface area contributed by atoms with Crippen molar-refractivity contribution in [2.75, 3.05) is 33.4 Å². The summed E-state index contributed by atoms with van der Waals surface area (Å²) in [7, 11) is 2.16. The molecule has 1 aliphatic rings. The van der Waals surface area contributed by atoms with E-state index in [1.165, 1.54) is 19.4 Å². The second kappa shape index (κ2) is 6.35. The average molecular weight is 187 g/mol. The fourth-order valence-electron chi connectivity index (χ4n) is 1.44. The highest BCUT2D eigenvalue weighted by atomic mass is 16.7. The van der Waals surface area contributed by atoms with E-state index in [0.29, 0.717) is 0 Å². The van der Waals surface area contributed by atoms with E-state index in [-0.39, 0.29) is 6.29 Å². The van der Waals surface area contributed by atoms with Gasteiger partial charge in [-0.1, -0.05) is 13.3 Å². The first-order valence-electron chi connectivity index (χ1n) is 5.24. The minimum absolute atomic E-state index is 0.0593. The highest BCUT2D eigenvalue weighted by Gasteiger charge is 2.15. The summed E-state index contributed by atoms with van der Waals surface area (Å²) < 4.78 is 10.7. The van der Waals surface area contributed by atoms with Gasteiger partial charge in [0.1, 0.15) is 0 Å². The minimum atomic E-state index is 0.0593. The second-order valence-corrected chi connectivity index (χ2v) is 3.62. The summed E-state index contributed by atoms with van der Waals surface area (Å²) in [5.41, 5.74) is 0. The van der Waals surface area contributed by atoms with Crippen molar-refractivity contribution >= 4 is 0 Å². The number of unbranched alkanes of at least 4 members (excludes halogenated alkanes) is 1. The normalized spacial score (nSPS) is 18.7. The van der Waals surface area contributed by atoms with Crippen molar-refractivity contribution in [3.8, 4) is 0 Å². The molecule has 78 valence electrons. The third-order valence-corrected chi connectivity index (χ3v) is 2.33. The molecule has 1 rings (SSSR count). The van der Waals surface area contributed by atoms with Crippen molar-refractivity contribution in [3.05, 3.63) is 0 Å². The predicted molar refractivity (Wildman–Crippen MR) is 52.7 cm³/mol. The van der Waals surface area contributed by atoms with Crippen LogP contribution in [0.5, 0.6) is 0 Å². The lowest BCUT2D eigenvalue weighted by molar-refractivity contribution is -0.0505. The van der Waals surface area contributed by atoms with Crippen molar-refractivity contribution in [3.63, 3.8) is 0 Å². The Hall–Kier alpha value is -0.120. The van der Waals surface area contributed by atoms with E-state index in [1.54, 1.807) is 0 Å². The van der Waals surface area contributed by atoms with Gasteiger partial charge in [-0.2, -0.15) is 0 Å². The van der Waals surface area contributed by atoms with Crippen LogP contribution in [0.15, 0.2) is 0 Å². The molecular weight excluding hydrogens is 166 g/mol. The zero-order valence-electron chi connectivity index (χ0n) is 8.79. The molecule has 3 nitrogen and oxygen atoms in total. The molecule has 1 saturated heterocycles. The van der Waals surface area contributed by atoms with Crippen molar-refractivity contribution in [2.24, 2.45) is 0 Å². The summed E-state index contributed by atoms with van der Waals surface area (Å²) in [6, 6.07) is 0. The summed E-state index contributed by atoms with van der Waals surface area (Å²) in [6.45, 7) is 6.01. The Bertz CT molecular complexity index is 124.